The van der Waals surface area contributed by atoms with Gasteiger partial charge < -0.3 is 5.32 Å². The standard InChI is InChI=1S/C17H18N6O3/c1-3-22-12(2)13(8-19-22)10-21-11-14(9-18-21)20-17(24)15-6-4-5-7-16(15)23(25)26/h4-9,11H,3,10H2,1-2H3,(H,20,24). The summed E-state index contributed by atoms with van der Waals surface area (Å²) in [5.74, 6) is -0.549. The molecule has 1 amide bonds. The highest BCUT2D eigenvalue weighted by Gasteiger charge is 2.19. The van der Waals surface area contributed by atoms with Crippen LogP contribution in [-0.2, 0) is 13.1 Å². The number of anilines is 1. The van der Waals surface area contributed by atoms with E-state index in [0.717, 1.165) is 17.8 Å². The summed E-state index contributed by atoms with van der Waals surface area (Å²) in [6.07, 6.45) is 4.98. The molecule has 0 aliphatic heterocycles. The molecule has 9 heteroatoms. The van der Waals surface area contributed by atoms with Crippen molar-refractivity contribution in [1.82, 2.24) is 19.6 Å². The zero-order valence-corrected chi connectivity index (χ0v) is 14.4. The predicted molar refractivity (Wildman–Crippen MR) is 95.0 cm³/mol. The molecule has 3 rings (SSSR count). The summed E-state index contributed by atoms with van der Waals surface area (Å²) in [5, 5.41) is 22.2. The fourth-order valence-electron chi connectivity index (χ4n) is 2.67. The molecule has 0 aliphatic rings. The quantitative estimate of drug-likeness (QED) is 0.541. The van der Waals surface area contributed by atoms with E-state index in [-0.39, 0.29) is 11.3 Å². The zero-order valence-electron chi connectivity index (χ0n) is 14.4. The van der Waals surface area contributed by atoms with Crippen molar-refractivity contribution >= 4 is 17.3 Å². The molecule has 2 heterocycles. The first kappa shape index (κ1) is 17.3. The van der Waals surface area contributed by atoms with Gasteiger partial charge in [0.1, 0.15) is 5.56 Å². The highest BCUT2D eigenvalue weighted by Crippen LogP contribution is 2.19. The molecule has 0 fully saturated rings. The van der Waals surface area contributed by atoms with Crippen LogP contribution in [0.3, 0.4) is 0 Å². The minimum Gasteiger partial charge on any atom is -0.319 e. The first-order valence-corrected chi connectivity index (χ1v) is 8.08. The first-order chi connectivity index (χ1) is 12.5. The molecule has 0 unspecified atom stereocenters. The fourth-order valence-corrected chi connectivity index (χ4v) is 2.67. The van der Waals surface area contributed by atoms with Crippen LogP contribution in [0.4, 0.5) is 11.4 Å². The number of nitrogens with one attached hydrogen (secondary N) is 1. The van der Waals surface area contributed by atoms with Crippen molar-refractivity contribution in [3.05, 3.63) is 69.8 Å². The number of hydrogen-bond acceptors (Lipinski definition) is 5. The van der Waals surface area contributed by atoms with Crippen LogP contribution in [0.15, 0.2) is 42.9 Å². The van der Waals surface area contributed by atoms with E-state index >= 15 is 0 Å². The van der Waals surface area contributed by atoms with Gasteiger partial charge in [0.15, 0.2) is 0 Å². The van der Waals surface area contributed by atoms with Crippen molar-refractivity contribution in [3.8, 4) is 0 Å². The van der Waals surface area contributed by atoms with Crippen molar-refractivity contribution in [2.24, 2.45) is 0 Å². The summed E-state index contributed by atoms with van der Waals surface area (Å²) in [6, 6.07) is 5.82. The van der Waals surface area contributed by atoms with Crippen molar-refractivity contribution in [2.45, 2.75) is 26.9 Å². The maximum absolute atomic E-state index is 12.3. The fraction of sp³-hybridized carbons (Fsp3) is 0.235. The third kappa shape index (κ3) is 3.46. The highest BCUT2D eigenvalue weighted by molar-refractivity contribution is 6.06. The predicted octanol–water partition coefficient (Wildman–Crippen LogP) is 2.62. The average Bonchev–Trinajstić information content (AvgIpc) is 3.22. The molecule has 1 N–H and O–H groups in total. The Hall–Kier alpha value is -3.49. The highest BCUT2D eigenvalue weighted by atomic mass is 16.6. The Labute approximate surface area is 149 Å². The van der Waals surface area contributed by atoms with E-state index in [1.807, 2.05) is 18.5 Å². The maximum atomic E-state index is 12.3. The lowest BCUT2D eigenvalue weighted by Gasteiger charge is -2.04. The van der Waals surface area contributed by atoms with Crippen LogP contribution in [0.25, 0.3) is 0 Å². The third-order valence-corrected chi connectivity index (χ3v) is 4.07. The van der Waals surface area contributed by atoms with Gasteiger partial charge in [-0.25, -0.2) is 0 Å². The number of nitro benzene ring substituents is 1. The van der Waals surface area contributed by atoms with Crippen LogP contribution < -0.4 is 5.32 Å². The average molecular weight is 354 g/mol. The molecule has 9 nitrogen and oxygen atoms in total. The Bertz CT molecular complexity index is 959. The van der Waals surface area contributed by atoms with Crippen LogP contribution >= 0.6 is 0 Å². The number of rotatable bonds is 6. The largest absolute Gasteiger partial charge is 0.319 e. The van der Waals surface area contributed by atoms with Gasteiger partial charge in [0.2, 0.25) is 0 Å². The van der Waals surface area contributed by atoms with Crippen molar-refractivity contribution < 1.29 is 9.72 Å². The molecule has 0 radical (unpaired) electrons. The Morgan fingerprint density at radius 3 is 2.73 bits per heavy atom. The lowest BCUT2D eigenvalue weighted by Crippen LogP contribution is -2.13. The number of benzene rings is 1. The van der Waals surface area contributed by atoms with Crippen LogP contribution in [-0.4, -0.2) is 30.4 Å². The number of hydrogen-bond donors (Lipinski definition) is 1. The van der Waals surface area contributed by atoms with Gasteiger partial charge in [-0.05, 0) is 19.9 Å². The summed E-state index contributed by atoms with van der Waals surface area (Å²) in [7, 11) is 0. The van der Waals surface area contributed by atoms with Crippen LogP contribution in [0, 0.1) is 17.0 Å². The van der Waals surface area contributed by atoms with E-state index in [2.05, 4.69) is 15.5 Å². The van der Waals surface area contributed by atoms with Gasteiger partial charge in [0.25, 0.3) is 11.6 Å². The first-order valence-electron chi connectivity index (χ1n) is 8.08. The van der Waals surface area contributed by atoms with Crippen LogP contribution in [0.1, 0.15) is 28.5 Å². The van der Waals surface area contributed by atoms with E-state index in [1.165, 1.54) is 24.4 Å². The normalized spacial score (nSPS) is 10.7. The second-order valence-electron chi connectivity index (χ2n) is 5.73. The van der Waals surface area contributed by atoms with Gasteiger partial charge in [-0.15, -0.1) is 0 Å². The van der Waals surface area contributed by atoms with Crippen molar-refractivity contribution in [1.29, 1.82) is 0 Å². The summed E-state index contributed by atoms with van der Waals surface area (Å²) in [5.41, 5.74) is 2.33. The summed E-state index contributed by atoms with van der Waals surface area (Å²) in [6.45, 7) is 5.33. The summed E-state index contributed by atoms with van der Waals surface area (Å²) >= 11 is 0. The number of aromatic nitrogens is 4. The number of aryl methyl sites for hydroxylation is 1. The molecule has 0 atom stereocenters. The zero-order chi connectivity index (χ0) is 18.7. The number of nitro groups is 1. The molecule has 0 saturated heterocycles. The molecule has 0 bridgehead atoms. The van der Waals surface area contributed by atoms with Gasteiger partial charge in [0.05, 0.1) is 29.5 Å². The van der Waals surface area contributed by atoms with Crippen LogP contribution in [0.2, 0.25) is 0 Å². The lowest BCUT2D eigenvalue weighted by molar-refractivity contribution is -0.385. The number of carbonyl (C=O) groups is 1. The number of para-hydroxylation sites is 1. The smallest absolute Gasteiger partial charge is 0.282 e. The molecule has 0 aliphatic carbocycles. The van der Waals surface area contributed by atoms with Crippen molar-refractivity contribution in [3.63, 3.8) is 0 Å². The molecular formula is C17H18N6O3. The minimum absolute atomic E-state index is 0.00492. The van der Waals surface area contributed by atoms with Gasteiger partial charge >= 0.3 is 0 Å². The van der Waals surface area contributed by atoms with Crippen molar-refractivity contribution in [2.75, 3.05) is 5.32 Å². The van der Waals surface area contributed by atoms with E-state index in [0.29, 0.717) is 12.2 Å². The van der Waals surface area contributed by atoms with Gasteiger partial charge in [-0.1, -0.05) is 12.1 Å². The van der Waals surface area contributed by atoms with E-state index < -0.39 is 10.8 Å². The monoisotopic (exact) mass is 354 g/mol. The second kappa shape index (κ2) is 7.18. The molecule has 0 saturated carbocycles. The Balaban J connectivity index is 1.73. The molecule has 3 aromatic rings. The number of carbonyl (C=O) groups excluding carboxylic acids is 1. The van der Waals surface area contributed by atoms with E-state index in [9.17, 15) is 14.9 Å². The van der Waals surface area contributed by atoms with E-state index in [4.69, 9.17) is 0 Å². The molecule has 2 aromatic heterocycles. The minimum atomic E-state index is -0.577. The SMILES string of the molecule is CCn1ncc(Cn2cc(NC(=O)c3ccccc3[N+](=O)[O-])cn2)c1C. The number of amides is 1. The third-order valence-electron chi connectivity index (χ3n) is 4.07. The van der Waals surface area contributed by atoms with Gasteiger partial charge in [-0.2, -0.15) is 10.2 Å². The van der Waals surface area contributed by atoms with Gasteiger partial charge in [0, 0.05) is 30.1 Å². The Kier molecular flexibility index (Phi) is 4.78. The molecule has 134 valence electrons. The molecule has 1 aromatic carbocycles. The Morgan fingerprint density at radius 1 is 1.27 bits per heavy atom. The number of nitrogens with zero attached hydrogens (tertiary/aromatic N) is 5. The second-order valence-corrected chi connectivity index (χ2v) is 5.73. The van der Waals surface area contributed by atoms with E-state index in [1.54, 1.807) is 23.1 Å². The molecule has 0 spiro atoms. The van der Waals surface area contributed by atoms with Crippen LogP contribution in [0.5, 0.6) is 0 Å². The maximum Gasteiger partial charge on any atom is 0.282 e. The Morgan fingerprint density at radius 2 is 2.04 bits per heavy atom. The topological polar surface area (TPSA) is 108 Å². The van der Waals surface area contributed by atoms with Gasteiger partial charge in [-0.3, -0.25) is 24.3 Å². The molecule has 26 heavy (non-hydrogen) atoms. The molecular weight excluding hydrogens is 336 g/mol. The summed E-state index contributed by atoms with van der Waals surface area (Å²) in [4.78, 5) is 22.8. The summed E-state index contributed by atoms with van der Waals surface area (Å²) < 4.78 is 3.58. The lowest BCUT2D eigenvalue weighted by atomic mass is 10.1.